The van der Waals surface area contributed by atoms with Gasteiger partial charge in [0.25, 0.3) is 5.91 Å². The summed E-state index contributed by atoms with van der Waals surface area (Å²) in [4.78, 5) is 24.6. The molecule has 1 saturated heterocycles. The van der Waals surface area contributed by atoms with E-state index in [1.54, 1.807) is 6.92 Å². The summed E-state index contributed by atoms with van der Waals surface area (Å²) < 4.78 is 41.0. The second-order valence-corrected chi connectivity index (χ2v) is 10.7. The molecule has 3 unspecified atom stereocenters. The summed E-state index contributed by atoms with van der Waals surface area (Å²) in [6.45, 7) is 3.58. The highest BCUT2D eigenvalue weighted by molar-refractivity contribution is 7.21. The molecule has 0 radical (unpaired) electrons. The number of carbonyl (C=O) groups is 1. The molecule has 3 atom stereocenters. The predicted molar refractivity (Wildman–Crippen MR) is 131 cm³/mol. The predicted octanol–water partition coefficient (Wildman–Crippen LogP) is 3.43. The van der Waals surface area contributed by atoms with Crippen molar-refractivity contribution < 1.29 is 18.0 Å². The number of halogens is 3. The number of aromatic nitrogens is 2. The second-order valence-electron chi connectivity index (χ2n) is 9.74. The Morgan fingerprint density at radius 1 is 1.34 bits per heavy atom. The number of alkyl halides is 2. The van der Waals surface area contributed by atoms with E-state index in [2.05, 4.69) is 10.3 Å². The average molecular weight is 505 g/mol. The third-order valence-corrected chi connectivity index (χ3v) is 8.37. The largest absolute Gasteiger partial charge is 0.397 e. The molecular weight excluding hydrogens is 477 g/mol. The standard InChI is InChI=1S/C24H27F3N6OS/c1-11-15(25)8-14-19(29)20(35-22(14)30-11)21(34)31-13-4-5-16-12(7-13)3-6-18(32-16)33-9-17(28)24(2,10-33)23(26)27/h3,6,8,13,17,23H,4-5,7,9-10,28-29H2,1-2H3,(H,31,34). The van der Waals surface area contributed by atoms with Crippen LogP contribution in [-0.2, 0) is 12.8 Å². The van der Waals surface area contributed by atoms with Crippen LogP contribution in [0.3, 0.4) is 0 Å². The Morgan fingerprint density at radius 3 is 2.83 bits per heavy atom. The molecule has 7 nitrogen and oxygen atoms in total. The van der Waals surface area contributed by atoms with Crippen molar-refractivity contribution in [1.29, 1.82) is 0 Å². The molecule has 0 aromatic carbocycles. The first-order valence-corrected chi connectivity index (χ1v) is 12.3. The first-order chi connectivity index (χ1) is 16.6. The molecular formula is C24H27F3N6OS. The molecule has 4 heterocycles. The number of anilines is 2. The molecule has 3 aromatic rings. The Balaban J connectivity index is 1.29. The lowest BCUT2D eigenvalue weighted by molar-refractivity contribution is 0.0122. The molecule has 0 bridgehead atoms. The topological polar surface area (TPSA) is 110 Å². The smallest absolute Gasteiger partial charge is 0.263 e. The van der Waals surface area contributed by atoms with Crippen molar-refractivity contribution >= 4 is 39.0 Å². The molecule has 2 aliphatic rings. The number of amides is 1. The first kappa shape index (κ1) is 23.8. The van der Waals surface area contributed by atoms with E-state index in [0.717, 1.165) is 22.6 Å². The highest BCUT2D eigenvalue weighted by Crippen LogP contribution is 2.38. The molecule has 1 aliphatic carbocycles. The molecule has 1 fully saturated rings. The van der Waals surface area contributed by atoms with Gasteiger partial charge >= 0.3 is 0 Å². The summed E-state index contributed by atoms with van der Waals surface area (Å²) in [5.74, 6) is -0.113. The number of rotatable bonds is 4. The minimum atomic E-state index is -2.50. The van der Waals surface area contributed by atoms with Gasteiger partial charge < -0.3 is 21.7 Å². The molecule has 0 saturated carbocycles. The number of thiophene rings is 1. The molecule has 3 aromatic heterocycles. The van der Waals surface area contributed by atoms with E-state index in [-0.39, 0.29) is 29.9 Å². The molecule has 1 amide bonds. The maximum absolute atomic E-state index is 13.9. The Morgan fingerprint density at radius 2 is 2.11 bits per heavy atom. The number of hydrogen-bond donors (Lipinski definition) is 3. The highest BCUT2D eigenvalue weighted by atomic mass is 32.1. The van der Waals surface area contributed by atoms with Crippen molar-refractivity contribution in [1.82, 2.24) is 15.3 Å². The minimum Gasteiger partial charge on any atom is -0.397 e. The lowest BCUT2D eigenvalue weighted by atomic mass is 9.86. The fourth-order valence-electron chi connectivity index (χ4n) is 4.87. The van der Waals surface area contributed by atoms with E-state index in [9.17, 15) is 18.0 Å². The molecule has 35 heavy (non-hydrogen) atoms. The number of nitrogens with two attached hydrogens (primary N) is 2. The number of hydrogen-bond acceptors (Lipinski definition) is 7. The SMILES string of the molecule is Cc1nc2sc(C(=O)NC3CCc4nc(N5CC(N)C(C)(C(F)F)C5)ccc4C3)c(N)c2cc1F. The van der Waals surface area contributed by atoms with E-state index in [0.29, 0.717) is 46.7 Å². The first-order valence-electron chi connectivity index (χ1n) is 11.5. The number of nitrogens with one attached hydrogen (secondary N) is 1. The zero-order valence-corrected chi connectivity index (χ0v) is 20.3. The van der Waals surface area contributed by atoms with Crippen LogP contribution >= 0.6 is 11.3 Å². The Hall–Kier alpha value is -2.92. The van der Waals surface area contributed by atoms with Gasteiger partial charge in [-0.3, -0.25) is 4.79 Å². The van der Waals surface area contributed by atoms with Gasteiger partial charge in [-0.2, -0.15) is 0 Å². The highest BCUT2D eigenvalue weighted by Gasteiger charge is 2.48. The zero-order valence-electron chi connectivity index (χ0n) is 19.4. The number of fused-ring (bicyclic) bond motifs is 2. The quantitative estimate of drug-likeness (QED) is 0.502. The molecule has 0 spiro atoms. The van der Waals surface area contributed by atoms with Crippen LogP contribution in [0.5, 0.6) is 0 Å². The monoisotopic (exact) mass is 504 g/mol. The van der Waals surface area contributed by atoms with E-state index < -0.39 is 23.7 Å². The summed E-state index contributed by atoms with van der Waals surface area (Å²) in [5, 5.41) is 3.48. The fourth-order valence-corrected chi connectivity index (χ4v) is 5.89. The summed E-state index contributed by atoms with van der Waals surface area (Å²) in [7, 11) is 0. The lowest BCUT2D eigenvalue weighted by Crippen LogP contribution is -2.43. The van der Waals surface area contributed by atoms with Crippen molar-refractivity contribution in [3.63, 3.8) is 0 Å². The molecule has 5 N–H and O–H groups in total. The van der Waals surface area contributed by atoms with E-state index in [4.69, 9.17) is 16.5 Å². The van der Waals surface area contributed by atoms with Gasteiger partial charge in [0.05, 0.1) is 16.8 Å². The van der Waals surface area contributed by atoms with Crippen molar-refractivity contribution in [2.75, 3.05) is 23.7 Å². The Kier molecular flexibility index (Phi) is 5.87. The zero-order chi connectivity index (χ0) is 25.1. The van der Waals surface area contributed by atoms with Crippen molar-refractivity contribution in [2.24, 2.45) is 11.1 Å². The van der Waals surface area contributed by atoms with Crippen LogP contribution in [0.25, 0.3) is 10.2 Å². The van der Waals surface area contributed by atoms with Gasteiger partial charge in [-0.1, -0.05) is 13.0 Å². The van der Waals surface area contributed by atoms with Gasteiger partial charge in [0, 0.05) is 36.3 Å². The third-order valence-electron chi connectivity index (χ3n) is 7.26. The maximum Gasteiger partial charge on any atom is 0.263 e. The molecule has 186 valence electrons. The number of nitrogens with zero attached hydrogens (tertiary/aromatic N) is 3. The summed E-state index contributed by atoms with van der Waals surface area (Å²) in [6, 6.07) is 4.36. The number of nitrogen functional groups attached to an aromatic ring is 1. The number of pyridine rings is 2. The van der Waals surface area contributed by atoms with Crippen LogP contribution in [0.2, 0.25) is 0 Å². The van der Waals surface area contributed by atoms with Gasteiger partial charge in [0.1, 0.15) is 21.3 Å². The van der Waals surface area contributed by atoms with Crippen LogP contribution in [0.15, 0.2) is 18.2 Å². The average Bonchev–Trinajstić information content (AvgIpc) is 3.30. The molecule has 11 heteroatoms. The molecule has 1 aliphatic heterocycles. The fraction of sp³-hybridized carbons (Fsp3) is 0.458. The van der Waals surface area contributed by atoms with Crippen LogP contribution in [0.4, 0.5) is 24.7 Å². The van der Waals surface area contributed by atoms with E-state index >= 15 is 0 Å². The minimum absolute atomic E-state index is 0.110. The van der Waals surface area contributed by atoms with Crippen LogP contribution in [-0.4, -0.2) is 47.5 Å². The third kappa shape index (κ3) is 4.10. The summed E-state index contributed by atoms with van der Waals surface area (Å²) >= 11 is 1.15. The van der Waals surface area contributed by atoms with Gasteiger partial charge in [-0.25, -0.2) is 23.1 Å². The van der Waals surface area contributed by atoms with Gasteiger partial charge in [-0.15, -0.1) is 11.3 Å². The van der Waals surface area contributed by atoms with Crippen LogP contribution < -0.4 is 21.7 Å². The van der Waals surface area contributed by atoms with Gasteiger partial charge in [0.2, 0.25) is 6.43 Å². The summed E-state index contributed by atoms with van der Waals surface area (Å²) in [5.41, 5.74) is 13.3. The van der Waals surface area contributed by atoms with E-state index in [1.807, 2.05) is 17.0 Å². The van der Waals surface area contributed by atoms with Crippen molar-refractivity contribution in [3.8, 4) is 0 Å². The van der Waals surface area contributed by atoms with Gasteiger partial charge in [-0.05, 0) is 43.9 Å². The Labute approximate surface area is 204 Å². The Bertz CT molecular complexity index is 1310. The van der Waals surface area contributed by atoms with Crippen molar-refractivity contribution in [2.45, 2.75) is 51.6 Å². The maximum atomic E-state index is 13.9. The lowest BCUT2D eigenvalue weighted by Gasteiger charge is -2.28. The van der Waals surface area contributed by atoms with Crippen LogP contribution in [0.1, 0.15) is 40.0 Å². The van der Waals surface area contributed by atoms with Crippen LogP contribution in [0, 0.1) is 18.2 Å². The second kappa shape index (κ2) is 8.63. The number of carbonyl (C=O) groups excluding carboxylic acids is 1. The van der Waals surface area contributed by atoms with Crippen molar-refractivity contribution in [3.05, 3.63) is 45.8 Å². The number of aryl methyl sites for hydroxylation is 2. The van der Waals surface area contributed by atoms with E-state index in [1.165, 1.54) is 13.0 Å². The summed E-state index contributed by atoms with van der Waals surface area (Å²) in [6.07, 6.45) is -0.577. The normalized spacial score (nSPS) is 24.3. The molecule has 5 rings (SSSR count). The van der Waals surface area contributed by atoms with Gasteiger partial charge in [0.15, 0.2) is 0 Å².